The highest BCUT2D eigenvalue weighted by atomic mass is 79.9. The number of aromatic amines is 1. The smallest absolute Gasteiger partial charge is 0.285 e. The molecule has 2 heterocycles. The van der Waals surface area contributed by atoms with Crippen LogP contribution in [-0.2, 0) is 6.54 Å². The summed E-state index contributed by atoms with van der Waals surface area (Å²) in [5.74, 6) is -0.206. The van der Waals surface area contributed by atoms with Gasteiger partial charge in [0.05, 0.1) is 5.69 Å². The molecule has 0 spiro atoms. The van der Waals surface area contributed by atoms with Crippen molar-refractivity contribution in [2.45, 2.75) is 13.5 Å². The van der Waals surface area contributed by atoms with Crippen molar-refractivity contribution in [2.75, 3.05) is 31.1 Å². The van der Waals surface area contributed by atoms with Gasteiger partial charge in [-0.2, -0.15) is 5.10 Å². The van der Waals surface area contributed by atoms with Crippen molar-refractivity contribution in [1.82, 2.24) is 15.1 Å². The largest absolute Gasteiger partial charge is 0.365 e. The molecular weight excluding hydrogens is 399 g/mol. The number of anilines is 1. The van der Waals surface area contributed by atoms with Gasteiger partial charge in [0, 0.05) is 32.7 Å². The monoisotopic (exact) mass is 414 g/mol. The molecule has 0 aliphatic carbocycles. The fourth-order valence-electron chi connectivity index (χ4n) is 2.88. The molecular formula is C16H17BrClFN4O. The van der Waals surface area contributed by atoms with Gasteiger partial charge in [0.1, 0.15) is 10.8 Å². The molecule has 1 N–H and O–H groups in total. The van der Waals surface area contributed by atoms with Crippen LogP contribution < -0.4 is 10.5 Å². The van der Waals surface area contributed by atoms with Crippen LogP contribution in [0.5, 0.6) is 0 Å². The molecule has 0 unspecified atom stereocenters. The van der Waals surface area contributed by atoms with Gasteiger partial charge in [-0.1, -0.05) is 17.7 Å². The zero-order chi connectivity index (χ0) is 17.3. The van der Waals surface area contributed by atoms with Crippen LogP contribution >= 0.6 is 27.5 Å². The number of nitrogens with zero attached hydrogens (tertiary/aromatic N) is 3. The lowest BCUT2D eigenvalue weighted by atomic mass is 10.1. The van der Waals surface area contributed by atoms with Crippen LogP contribution in [0.2, 0.25) is 5.02 Å². The lowest BCUT2D eigenvalue weighted by molar-refractivity contribution is 0.249. The molecule has 1 aliphatic rings. The third kappa shape index (κ3) is 3.63. The van der Waals surface area contributed by atoms with Gasteiger partial charge < -0.3 is 4.90 Å². The third-order valence-corrected chi connectivity index (χ3v) is 5.15. The number of piperazine rings is 1. The normalized spacial score (nSPS) is 15.8. The Morgan fingerprint density at radius 3 is 2.71 bits per heavy atom. The van der Waals surface area contributed by atoms with Gasteiger partial charge in [-0.15, -0.1) is 0 Å². The highest BCUT2D eigenvalue weighted by Crippen LogP contribution is 2.30. The molecule has 1 aromatic carbocycles. The lowest BCUT2D eigenvalue weighted by Crippen LogP contribution is -2.46. The number of rotatable bonds is 3. The van der Waals surface area contributed by atoms with E-state index in [4.69, 9.17) is 11.6 Å². The molecule has 0 radical (unpaired) electrons. The van der Waals surface area contributed by atoms with Crippen molar-refractivity contribution in [1.29, 1.82) is 0 Å². The molecule has 8 heteroatoms. The topological polar surface area (TPSA) is 52.2 Å². The van der Waals surface area contributed by atoms with Crippen LogP contribution in [0.1, 0.15) is 11.1 Å². The van der Waals surface area contributed by atoms with Crippen molar-refractivity contribution < 1.29 is 4.39 Å². The van der Waals surface area contributed by atoms with Crippen molar-refractivity contribution in [3.63, 3.8) is 0 Å². The van der Waals surface area contributed by atoms with E-state index < -0.39 is 0 Å². The van der Waals surface area contributed by atoms with Gasteiger partial charge in [-0.3, -0.25) is 9.69 Å². The van der Waals surface area contributed by atoms with E-state index in [9.17, 15) is 9.18 Å². The molecule has 128 valence electrons. The molecule has 0 saturated carbocycles. The van der Waals surface area contributed by atoms with Gasteiger partial charge in [-0.25, -0.2) is 9.49 Å². The summed E-state index contributed by atoms with van der Waals surface area (Å²) in [5, 5.41) is 6.43. The Balaban J connectivity index is 1.68. The van der Waals surface area contributed by atoms with Crippen molar-refractivity contribution in [3.8, 4) is 0 Å². The minimum atomic E-state index is -0.390. The molecule has 3 rings (SSSR count). The van der Waals surface area contributed by atoms with Crippen molar-refractivity contribution in [2.24, 2.45) is 0 Å². The Kier molecular flexibility index (Phi) is 5.22. The van der Waals surface area contributed by atoms with E-state index >= 15 is 0 Å². The fourth-order valence-corrected chi connectivity index (χ4v) is 3.78. The second kappa shape index (κ2) is 7.21. The first kappa shape index (κ1) is 17.4. The SMILES string of the molecule is Cc1cc(F)ccc1CN1CCN(c2c(Br)n[nH]c(=O)c2Cl)CC1. The lowest BCUT2D eigenvalue weighted by Gasteiger charge is -2.36. The number of H-pyrrole nitrogens is 1. The molecule has 0 bridgehead atoms. The molecule has 1 fully saturated rings. The molecule has 5 nitrogen and oxygen atoms in total. The van der Waals surface area contributed by atoms with Crippen LogP contribution in [-0.4, -0.2) is 41.3 Å². The van der Waals surface area contributed by atoms with Gasteiger partial charge >= 0.3 is 0 Å². The quantitative estimate of drug-likeness (QED) is 0.837. The van der Waals surface area contributed by atoms with Gasteiger partial charge in [0.2, 0.25) is 0 Å². The first-order valence-electron chi connectivity index (χ1n) is 7.61. The standard InChI is InChI=1S/C16H17BrClFN4O/c1-10-8-12(19)3-2-11(10)9-22-4-6-23(7-5-22)14-13(18)16(24)21-20-15(14)17/h2-3,8H,4-7,9H2,1H3,(H,21,24). The molecule has 2 aromatic rings. The Labute approximate surface area is 152 Å². The fraction of sp³-hybridized carbons (Fsp3) is 0.375. The predicted octanol–water partition coefficient (Wildman–Crippen LogP) is 2.96. The average Bonchev–Trinajstić information content (AvgIpc) is 2.55. The summed E-state index contributed by atoms with van der Waals surface area (Å²) in [7, 11) is 0. The van der Waals surface area contributed by atoms with E-state index in [1.807, 2.05) is 13.0 Å². The maximum absolute atomic E-state index is 13.2. The summed E-state index contributed by atoms with van der Waals surface area (Å²) in [4.78, 5) is 16.0. The second-order valence-corrected chi connectivity index (χ2v) is 6.97. The molecule has 1 saturated heterocycles. The average molecular weight is 416 g/mol. The first-order valence-corrected chi connectivity index (χ1v) is 8.79. The van der Waals surface area contributed by atoms with Crippen molar-refractivity contribution >= 4 is 33.2 Å². The molecule has 0 amide bonds. The van der Waals surface area contributed by atoms with E-state index in [1.165, 1.54) is 6.07 Å². The minimum Gasteiger partial charge on any atom is -0.365 e. The number of halogens is 3. The van der Waals surface area contributed by atoms with Gasteiger partial charge in [0.25, 0.3) is 5.56 Å². The van der Waals surface area contributed by atoms with Gasteiger partial charge in [-0.05, 0) is 46.1 Å². The summed E-state index contributed by atoms with van der Waals surface area (Å²) in [5.41, 5.74) is 2.33. The predicted molar refractivity (Wildman–Crippen MR) is 96.2 cm³/mol. The highest BCUT2D eigenvalue weighted by Gasteiger charge is 2.23. The summed E-state index contributed by atoms with van der Waals surface area (Å²) >= 11 is 9.47. The van der Waals surface area contributed by atoms with Crippen LogP contribution in [0.3, 0.4) is 0 Å². The number of benzene rings is 1. The Bertz CT molecular complexity index is 805. The first-order chi connectivity index (χ1) is 11.5. The molecule has 1 aromatic heterocycles. The van der Waals surface area contributed by atoms with Crippen molar-refractivity contribution in [3.05, 3.63) is 55.1 Å². The Morgan fingerprint density at radius 1 is 1.33 bits per heavy atom. The molecule has 24 heavy (non-hydrogen) atoms. The van der Waals surface area contributed by atoms with Crippen LogP contribution in [0, 0.1) is 12.7 Å². The van der Waals surface area contributed by atoms with Crippen LogP contribution in [0.4, 0.5) is 10.1 Å². The van der Waals surface area contributed by atoms with Crippen LogP contribution in [0.15, 0.2) is 27.6 Å². The zero-order valence-electron chi connectivity index (χ0n) is 13.2. The maximum Gasteiger partial charge on any atom is 0.285 e. The van der Waals surface area contributed by atoms with E-state index in [1.54, 1.807) is 6.07 Å². The van der Waals surface area contributed by atoms with Crippen LogP contribution in [0.25, 0.3) is 0 Å². The van der Waals surface area contributed by atoms with E-state index in [0.29, 0.717) is 10.3 Å². The number of aromatic nitrogens is 2. The second-order valence-electron chi connectivity index (χ2n) is 5.84. The summed E-state index contributed by atoms with van der Waals surface area (Å²) in [6.45, 7) is 5.84. The van der Waals surface area contributed by atoms with E-state index in [0.717, 1.165) is 43.9 Å². The number of hydrogen-bond acceptors (Lipinski definition) is 4. The third-order valence-electron chi connectivity index (χ3n) is 4.25. The summed E-state index contributed by atoms with van der Waals surface area (Å²) in [6, 6.07) is 4.90. The molecule has 0 atom stereocenters. The Hall–Kier alpha value is -1.44. The van der Waals surface area contributed by atoms with Gasteiger partial charge in [0.15, 0.2) is 4.60 Å². The van der Waals surface area contributed by atoms with E-state index in [2.05, 4.69) is 35.9 Å². The molecule has 1 aliphatic heterocycles. The highest BCUT2D eigenvalue weighted by molar-refractivity contribution is 9.10. The number of hydrogen-bond donors (Lipinski definition) is 1. The number of nitrogens with one attached hydrogen (secondary N) is 1. The minimum absolute atomic E-state index is 0.153. The summed E-state index contributed by atoms with van der Waals surface area (Å²) in [6.07, 6.45) is 0. The summed E-state index contributed by atoms with van der Waals surface area (Å²) < 4.78 is 13.7. The zero-order valence-corrected chi connectivity index (χ0v) is 15.5. The maximum atomic E-state index is 13.2. The van der Waals surface area contributed by atoms with E-state index in [-0.39, 0.29) is 16.4 Å². The number of aryl methyl sites for hydroxylation is 1. The Morgan fingerprint density at radius 2 is 2.04 bits per heavy atom.